The van der Waals surface area contributed by atoms with E-state index in [9.17, 15) is 4.79 Å². The molecule has 0 spiro atoms. The molecule has 1 aromatic carbocycles. The first-order chi connectivity index (χ1) is 12.3. The fraction of sp³-hybridized carbons (Fsp3) is 0.471. The van der Waals surface area contributed by atoms with Gasteiger partial charge in [0, 0.05) is 16.6 Å². The van der Waals surface area contributed by atoms with Gasteiger partial charge in [-0.2, -0.15) is 0 Å². The molecule has 1 heterocycles. The molecular formula is C17H23Cl2N5OS. The molecule has 2 rings (SSSR count). The Bertz CT molecular complexity index is 766. The number of nitrogens with one attached hydrogen (secondary N) is 1. The molecule has 0 aliphatic carbocycles. The van der Waals surface area contributed by atoms with Gasteiger partial charge < -0.3 is 11.2 Å². The van der Waals surface area contributed by atoms with E-state index >= 15 is 0 Å². The molecule has 0 bridgehead atoms. The number of rotatable bonds is 8. The van der Waals surface area contributed by atoms with E-state index in [-0.39, 0.29) is 17.7 Å². The third kappa shape index (κ3) is 5.79. The normalized spacial score (nSPS) is 12.4. The average molecular weight is 416 g/mol. The molecule has 9 heteroatoms. The van der Waals surface area contributed by atoms with Crippen molar-refractivity contribution in [3.05, 3.63) is 28.2 Å². The van der Waals surface area contributed by atoms with Crippen LogP contribution in [0.15, 0.2) is 23.4 Å². The zero-order chi connectivity index (χ0) is 19.3. The van der Waals surface area contributed by atoms with Crippen LogP contribution in [0.2, 0.25) is 10.0 Å². The van der Waals surface area contributed by atoms with Crippen molar-refractivity contribution >= 4 is 40.9 Å². The summed E-state index contributed by atoms with van der Waals surface area (Å²) in [5, 5.41) is 12.5. The summed E-state index contributed by atoms with van der Waals surface area (Å²) < 4.78 is 1.33. The largest absolute Gasteiger partial charge is 0.353 e. The summed E-state index contributed by atoms with van der Waals surface area (Å²) in [4.78, 5) is 12.1. The number of carbonyl (C=O) groups excluding carboxylic acids is 1. The Morgan fingerprint density at radius 2 is 2.00 bits per heavy atom. The Morgan fingerprint density at radius 3 is 2.65 bits per heavy atom. The molecule has 26 heavy (non-hydrogen) atoms. The third-order valence-electron chi connectivity index (χ3n) is 3.75. The van der Waals surface area contributed by atoms with Crippen molar-refractivity contribution in [3.63, 3.8) is 0 Å². The van der Waals surface area contributed by atoms with Crippen molar-refractivity contribution in [2.24, 2.45) is 5.92 Å². The smallest absolute Gasteiger partial charge is 0.230 e. The summed E-state index contributed by atoms with van der Waals surface area (Å²) in [6.45, 7) is 6.35. The Balaban J connectivity index is 1.95. The first-order valence-electron chi connectivity index (χ1n) is 8.36. The molecule has 0 radical (unpaired) electrons. The molecule has 1 unspecified atom stereocenters. The SMILES string of the molecule is CC(C)CCC(C)NC(=O)CSc1nnc(-c2ccc(Cl)cc2Cl)n1N. The Kier molecular flexibility index (Phi) is 7.61. The van der Waals surface area contributed by atoms with E-state index in [4.69, 9.17) is 29.0 Å². The standard InChI is InChI=1S/C17H23Cl2N5OS/c1-10(2)4-5-11(3)21-15(25)9-26-17-23-22-16(24(17)20)13-7-6-12(18)8-14(13)19/h6-8,10-11H,4-5,9,20H2,1-3H3,(H,21,25). The summed E-state index contributed by atoms with van der Waals surface area (Å²) in [5.74, 6) is 7.26. The molecule has 1 amide bonds. The summed E-state index contributed by atoms with van der Waals surface area (Å²) in [5.41, 5.74) is 0.629. The molecule has 1 aromatic heterocycles. The minimum Gasteiger partial charge on any atom is -0.353 e. The van der Waals surface area contributed by atoms with Crippen molar-refractivity contribution in [1.82, 2.24) is 20.2 Å². The van der Waals surface area contributed by atoms with Crippen LogP contribution in [0.25, 0.3) is 11.4 Å². The van der Waals surface area contributed by atoms with Crippen LogP contribution in [0.5, 0.6) is 0 Å². The van der Waals surface area contributed by atoms with Crippen LogP contribution in [0.1, 0.15) is 33.6 Å². The lowest BCUT2D eigenvalue weighted by atomic mass is 10.0. The van der Waals surface area contributed by atoms with E-state index in [1.807, 2.05) is 6.92 Å². The number of nitrogens with two attached hydrogens (primary N) is 1. The maximum atomic E-state index is 12.1. The van der Waals surface area contributed by atoms with Crippen molar-refractivity contribution in [2.45, 2.75) is 44.8 Å². The lowest BCUT2D eigenvalue weighted by Gasteiger charge is -2.14. The van der Waals surface area contributed by atoms with E-state index in [0.29, 0.717) is 32.5 Å². The lowest BCUT2D eigenvalue weighted by molar-refractivity contribution is -0.119. The van der Waals surface area contributed by atoms with Crippen LogP contribution in [-0.2, 0) is 4.79 Å². The molecule has 3 N–H and O–H groups in total. The second kappa shape index (κ2) is 9.48. The molecule has 0 aliphatic heterocycles. The zero-order valence-electron chi connectivity index (χ0n) is 15.0. The van der Waals surface area contributed by atoms with Gasteiger partial charge in [-0.15, -0.1) is 10.2 Å². The van der Waals surface area contributed by atoms with E-state index in [1.165, 1.54) is 16.4 Å². The number of nitrogens with zero attached hydrogens (tertiary/aromatic N) is 3. The van der Waals surface area contributed by atoms with Crippen LogP contribution >= 0.6 is 35.0 Å². The summed E-state index contributed by atoms with van der Waals surface area (Å²) in [7, 11) is 0. The van der Waals surface area contributed by atoms with Gasteiger partial charge in [0.1, 0.15) is 0 Å². The molecule has 0 saturated heterocycles. The molecule has 142 valence electrons. The topological polar surface area (TPSA) is 85.8 Å². The highest BCUT2D eigenvalue weighted by molar-refractivity contribution is 7.99. The first-order valence-corrected chi connectivity index (χ1v) is 10.1. The van der Waals surface area contributed by atoms with Gasteiger partial charge in [-0.05, 0) is 43.9 Å². The first kappa shape index (κ1) is 20.9. The number of hydrogen-bond donors (Lipinski definition) is 2. The van der Waals surface area contributed by atoms with Gasteiger partial charge in [0.2, 0.25) is 11.1 Å². The molecule has 6 nitrogen and oxygen atoms in total. The second-order valence-electron chi connectivity index (χ2n) is 6.53. The number of benzene rings is 1. The maximum absolute atomic E-state index is 12.1. The van der Waals surface area contributed by atoms with Crippen molar-refractivity contribution < 1.29 is 4.79 Å². The van der Waals surface area contributed by atoms with E-state index in [1.54, 1.807) is 18.2 Å². The maximum Gasteiger partial charge on any atom is 0.230 e. The van der Waals surface area contributed by atoms with Gasteiger partial charge >= 0.3 is 0 Å². The van der Waals surface area contributed by atoms with Crippen LogP contribution in [-0.4, -0.2) is 32.6 Å². The number of thioether (sulfide) groups is 1. The second-order valence-corrected chi connectivity index (χ2v) is 8.31. The van der Waals surface area contributed by atoms with Gasteiger partial charge in [0.05, 0.1) is 10.8 Å². The minimum absolute atomic E-state index is 0.0552. The number of aromatic nitrogens is 3. The van der Waals surface area contributed by atoms with E-state index in [0.717, 1.165) is 12.8 Å². The Hall–Kier alpha value is -1.44. The van der Waals surface area contributed by atoms with Gasteiger partial charge in [-0.25, -0.2) is 4.68 Å². The number of amides is 1. The number of carbonyl (C=O) groups is 1. The van der Waals surface area contributed by atoms with Gasteiger partial charge in [-0.1, -0.05) is 48.8 Å². The van der Waals surface area contributed by atoms with Crippen molar-refractivity contribution in [2.75, 3.05) is 11.6 Å². The van der Waals surface area contributed by atoms with Crippen LogP contribution in [0.4, 0.5) is 0 Å². The van der Waals surface area contributed by atoms with Crippen LogP contribution in [0.3, 0.4) is 0 Å². The number of hydrogen-bond acceptors (Lipinski definition) is 5. The summed E-state index contributed by atoms with van der Waals surface area (Å²) >= 11 is 13.3. The fourth-order valence-electron chi connectivity index (χ4n) is 2.33. The highest BCUT2D eigenvalue weighted by Gasteiger charge is 2.16. The Labute approximate surface area is 167 Å². The zero-order valence-corrected chi connectivity index (χ0v) is 17.3. The average Bonchev–Trinajstić information content (AvgIpc) is 2.92. The summed E-state index contributed by atoms with van der Waals surface area (Å²) in [6.07, 6.45) is 2.04. The van der Waals surface area contributed by atoms with Gasteiger partial charge in [0.15, 0.2) is 5.82 Å². The van der Waals surface area contributed by atoms with Crippen molar-refractivity contribution in [1.29, 1.82) is 0 Å². The monoisotopic (exact) mass is 415 g/mol. The number of nitrogen functional groups attached to an aromatic ring is 1. The quantitative estimate of drug-likeness (QED) is 0.502. The lowest BCUT2D eigenvalue weighted by Crippen LogP contribution is -2.34. The molecular weight excluding hydrogens is 393 g/mol. The Morgan fingerprint density at radius 1 is 1.27 bits per heavy atom. The van der Waals surface area contributed by atoms with Crippen LogP contribution < -0.4 is 11.2 Å². The highest BCUT2D eigenvalue weighted by atomic mass is 35.5. The molecule has 1 atom stereocenters. The van der Waals surface area contributed by atoms with E-state index < -0.39 is 0 Å². The van der Waals surface area contributed by atoms with E-state index in [2.05, 4.69) is 29.4 Å². The fourth-order valence-corrected chi connectivity index (χ4v) is 3.49. The van der Waals surface area contributed by atoms with Gasteiger partial charge in [0.25, 0.3) is 0 Å². The number of halogens is 2. The predicted molar refractivity (Wildman–Crippen MR) is 108 cm³/mol. The van der Waals surface area contributed by atoms with Gasteiger partial charge in [-0.3, -0.25) is 4.79 Å². The summed E-state index contributed by atoms with van der Waals surface area (Å²) in [6, 6.07) is 5.20. The molecule has 0 saturated carbocycles. The van der Waals surface area contributed by atoms with Crippen molar-refractivity contribution in [3.8, 4) is 11.4 Å². The predicted octanol–water partition coefficient (Wildman–Crippen LogP) is 4.00. The third-order valence-corrected chi connectivity index (χ3v) is 5.24. The highest BCUT2D eigenvalue weighted by Crippen LogP contribution is 2.30. The molecule has 0 aliphatic rings. The van der Waals surface area contributed by atoms with Crippen LogP contribution in [0, 0.1) is 5.92 Å². The molecule has 2 aromatic rings. The minimum atomic E-state index is -0.0552. The molecule has 0 fully saturated rings.